The summed E-state index contributed by atoms with van der Waals surface area (Å²) in [5, 5.41) is 0. The molecule has 0 spiro atoms. The van der Waals surface area contributed by atoms with Crippen LogP contribution in [0.2, 0.25) is 0 Å². The minimum absolute atomic E-state index is 0.232. The van der Waals surface area contributed by atoms with Crippen LogP contribution < -0.4 is 5.73 Å². The number of hydrogen-bond donors (Lipinski definition) is 1. The summed E-state index contributed by atoms with van der Waals surface area (Å²) >= 11 is 0. The van der Waals surface area contributed by atoms with Gasteiger partial charge in [-0.15, -0.1) is 0 Å². The molecule has 1 aliphatic rings. The third kappa shape index (κ3) is 4.90. The molecular formula is C23H26FN5O2. The fourth-order valence-electron chi connectivity index (χ4n) is 4.05. The van der Waals surface area contributed by atoms with Gasteiger partial charge >= 0.3 is 6.09 Å². The van der Waals surface area contributed by atoms with E-state index in [0.29, 0.717) is 53.7 Å². The predicted molar refractivity (Wildman–Crippen MR) is 117 cm³/mol. The number of nitrogen functional groups attached to an aromatic ring is 1. The highest BCUT2D eigenvalue weighted by Crippen LogP contribution is 2.27. The molecule has 0 atom stereocenters. The van der Waals surface area contributed by atoms with E-state index in [2.05, 4.69) is 15.0 Å². The Kier molecular flexibility index (Phi) is 6.25. The van der Waals surface area contributed by atoms with Gasteiger partial charge in [-0.05, 0) is 74.4 Å². The summed E-state index contributed by atoms with van der Waals surface area (Å²) < 4.78 is 19.4. The Morgan fingerprint density at radius 1 is 1.23 bits per heavy atom. The first-order valence-electron chi connectivity index (χ1n) is 10.6. The smallest absolute Gasteiger partial charge is 0.409 e. The van der Waals surface area contributed by atoms with Gasteiger partial charge in [0.15, 0.2) is 5.82 Å². The molecule has 0 aliphatic carbocycles. The van der Waals surface area contributed by atoms with Crippen LogP contribution in [0.25, 0.3) is 22.3 Å². The Labute approximate surface area is 180 Å². The molecule has 1 amide bonds. The van der Waals surface area contributed by atoms with E-state index >= 15 is 0 Å². The average Bonchev–Trinajstić information content (AvgIpc) is 2.78. The highest BCUT2D eigenvalue weighted by atomic mass is 19.1. The molecule has 3 heterocycles. The van der Waals surface area contributed by atoms with Crippen molar-refractivity contribution in [2.24, 2.45) is 5.92 Å². The van der Waals surface area contributed by atoms with Crippen LogP contribution in [-0.4, -0.2) is 45.6 Å². The number of nitrogens with zero attached hydrogens (tertiary/aromatic N) is 4. The quantitative estimate of drug-likeness (QED) is 0.660. The Morgan fingerprint density at radius 2 is 2.03 bits per heavy atom. The van der Waals surface area contributed by atoms with Crippen molar-refractivity contribution in [2.75, 3.05) is 25.4 Å². The third-order valence-electron chi connectivity index (χ3n) is 5.75. The molecule has 0 unspecified atom stereocenters. The molecule has 4 rings (SSSR count). The normalized spacial score (nSPS) is 14.7. The fraction of sp³-hybridized carbons (Fsp3) is 0.391. The van der Waals surface area contributed by atoms with Crippen molar-refractivity contribution in [3.63, 3.8) is 0 Å². The number of likely N-dealkylation sites (tertiary alicyclic amines) is 1. The molecular weight excluding hydrogens is 397 g/mol. The van der Waals surface area contributed by atoms with E-state index < -0.39 is 0 Å². The number of anilines is 1. The number of rotatable bonds is 5. The number of amides is 1. The molecule has 1 saturated heterocycles. The number of nitrogens with two attached hydrogens (primary N) is 1. The van der Waals surface area contributed by atoms with Crippen LogP contribution >= 0.6 is 0 Å². The van der Waals surface area contributed by atoms with Gasteiger partial charge in [-0.2, -0.15) is 0 Å². The van der Waals surface area contributed by atoms with Gasteiger partial charge in [0.25, 0.3) is 0 Å². The number of carbonyl (C=O) groups excluding carboxylic acids is 1. The van der Waals surface area contributed by atoms with Gasteiger partial charge in [-0.25, -0.2) is 24.1 Å². The summed E-state index contributed by atoms with van der Waals surface area (Å²) in [5.41, 5.74) is 9.36. The van der Waals surface area contributed by atoms with Crippen molar-refractivity contribution in [3.8, 4) is 11.3 Å². The number of halogens is 1. The van der Waals surface area contributed by atoms with Gasteiger partial charge in [-0.3, -0.25) is 0 Å². The van der Waals surface area contributed by atoms with Crippen LogP contribution in [0.3, 0.4) is 0 Å². The standard InChI is InChI=1S/C23H26FN5O2/c1-2-31-23(30)29-9-7-15(8-10-29)3-4-16-11-17(13-18(24)12-16)19-5-6-20-21(28-19)22(25)27-14-26-20/h5-6,11-15H,2-4,7-10H2,1H3,(H2,25,26,27). The van der Waals surface area contributed by atoms with E-state index in [1.165, 1.54) is 12.4 Å². The number of piperidine rings is 1. The summed E-state index contributed by atoms with van der Waals surface area (Å²) in [5.74, 6) is 0.523. The van der Waals surface area contributed by atoms with E-state index in [1.807, 2.05) is 25.1 Å². The summed E-state index contributed by atoms with van der Waals surface area (Å²) in [6, 6.07) is 8.67. The molecule has 7 nitrogen and oxygen atoms in total. The highest BCUT2D eigenvalue weighted by molar-refractivity contribution is 5.85. The maximum atomic E-state index is 14.3. The van der Waals surface area contributed by atoms with Crippen LogP contribution in [0, 0.1) is 11.7 Å². The highest BCUT2D eigenvalue weighted by Gasteiger charge is 2.23. The molecule has 2 aromatic heterocycles. The Balaban J connectivity index is 1.43. The first-order chi connectivity index (χ1) is 15.0. The molecule has 1 aromatic carbocycles. The van der Waals surface area contributed by atoms with E-state index in [4.69, 9.17) is 10.5 Å². The molecule has 0 radical (unpaired) electrons. The minimum atomic E-state index is -0.288. The number of fused-ring (bicyclic) bond motifs is 1. The molecule has 3 aromatic rings. The van der Waals surface area contributed by atoms with Crippen molar-refractivity contribution >= 4 is 22.9 Å². The number of hydrogen-bond acceptors (Lipinski definition) is 6. The molecule has 1 aliphatic heterocycles. The molecule has 31 heavy (non-hydrogen) atoms. The van der Waals surface area contributed by atoms with Crippen molar-refractivity contribution < 1.29 is 13.9 Å². The van der Waals surface area contributed by atoms with Crippen molar-refractivity contribution in [1.82, 2.24) is 19.9 Å². The van der Waals surface area contributed by atoms with Gasteiger partial charge < -0.3 is 15.4 Å². The lowest BCUT2D eigenvalue weighted by molar-refractivity contribution is 0.0909. The second-order valence-corrected chi connectivity index (χ2v) is 7.84. The zero-order valence-electron chi connectivity index (χ0n) is 17.6. The molecule has 2 N–H and O–H groups in total. The lowest BCUT2D eigenvalue weighted by Gasteiger charge is -2.31. The molecule has 0 saturated carbocycles. The Morgan fingerprint density at radius 3 is 2.81 bits per heavy atom. The van der Waals surface area contributed by atoms with Crippen LogP contribution in [0.1, 0.15) is 31.7 Å². The number of benzene rings is 1. The number of aryl methyl sites for hydroxylation is 1. The minimum Gasteiger partial charge on any atom is -0.450 e. The topological polar surface area (TPSA) is 94.2 Å². The number of pyridine rings is 1. The van der Waals surface area contributed by atoms with Crippen LogP contribution in [0.5, 0.6) is 0 Å². The van der Waals surface area contributed by atoms with E-state index in [-0.39, 0.29) is 11.9 Å². The largest absolute Gasteiger partial charge is 0.450 e. The van der Waals surface area contributed by atoms with Gasteiger partial charge in [0.2, 0.25) is 0 Å². The molecule has 1 fully saturated rings. The average molecular weight is 423 g/mol. The first kappa shape index (κ1) is 21.0. The van der Waals surface area contributed by atoms with E-state index in [9.17, 15) is 9.18 Å². The monoisotopic (exact) mass is 423 g/mol. The summed E-state index contributed by atoms with van der Waals surface area (Å²) in [6.45, 7) is 3.63. The fourth-order valence-corrected chi connectivity index (χ4v) is 4.05. The zero-order valence-corrected chi connectivity index (χ0v) is 17.6. The second kappa shape index (κ2) is 9.24. The summed E-state index contributed by atoms with van der Waals surface area (Å²) in [4.78, 5) is 26.3. The van der Waals surface area contributed by atoms with Gasteiger partial charge in [0.1, 0.15) is 17.7 Å². The van der Waals surface area contributed by atoms with Gasteiger partial charge in [-0.1, -0.05) is 0 Å². The van der Waals surface area contributed by atoms with Crippen LogP contribution in [-0.2, 0) is 11.2 Å². The lowest BCUT2D eigenvalue weighted by atomic mass is 9.90. The summed E-state index contributed by atoms with van der Waals surface area (Å²) in [6.07, 6.45) is 4.76. The number of ether oxygens (including phenoxy) is 1. The Hall–Kier alpha value is -3.29. The molecule has 162 valence electrons. The molecule has 8 heteroatoms. The second-order valence-electron chi connectivity index (χ2n) is 7.84. The van der Waals surface area contributed by atoms with Gasteiger partial charge in [0.05, 0.1) is 17.8 Å². The van der Waals surface area contributed by atoms with Crippen molar-refractivity contribution in [1.29, 1.82) is 0 Å². The SMILES string of the molecule is CCOC(=O)N1CCC(CCc2cc(F)cc(-c3ccc4ncnc(N)c4n3)c2)CC1. The van der Waals surface area contributed by atoms with E-state index in [1.54, 1.807) is 11.0 Å². The van der Waals surface area contributed by atoms with Crippen LogP contribution in [0.15, 0.2) is 36.7 Å². The number of aromatic nitrogens is 3. The number of carbonyl (C=O) groups is 1. The maximum absolute atomic E-state index is 14.3. The van der Waals surface area contributed by atoms with Crippen molar-refractivity contribution in [3.05, 3.63) is 48.0 Å². The predicted octanol–water partition coefficient (Wildman–Crippen LogP) is 4.21. The van der Waals surface area contributed by atoms with Crippen molar-refractivity contribution in [2.45, 2.75) is 32.6 Å². The third-order valence-corrected chi connectivity index (χ3v) is 5.75. The van der Waals surface area contributed by atoms with Gasteiger partial charge in [0, 0.05) is 18.7 Å². The lowest BCUT2D eigenvalue weighted by Crippen LogP contribution is -2.38. The maximum Gasteiger partial charge on any atom is 0.409 e. The first-order valence-corrected chi connectivity index (χ1v) is 10.6. The Bertz CT molecular complexity index is 1080. The van der Waals surface area contributed by atoms with E-state index in [0.717, 1.165) is 31.2 Å². The zero-order chi connectivity index (χ0) is 21.8. The van der Waals surface area contributed by atoms with Crippen LogP contribution in [0.4, 0.5) is 15.0 Å². The summed E-state index contributed by atoms with van der Waals surface area (Å²) in [7, 11) is 0. The molecule has 0 bridgehead atoms.